The zero-order valence-corrected chi connectivity index (χ0v) is 15.1. The molecule has 0 aromatic rings. The van der Waals surface area contributed by atoms with E-state index in [0.717, 1.165) is 6.54 Å². The van der Waals surface area contributed by atoms with Gasteiger partial charge in [0.2, 0.25) is -0.441 Å². The Morgan fingerprint density at radius 1 is 1.50 bits per heavy atom. The first-order valence-electron chi connectivity index (χ1n) is 4.64. The second-order valence-corrected chi connectivity index (χ2v) is 14.5. The van der Waals surface area contributed by atoms with Crippen molar-refractivity contribution in [3.63, 3.8) is 0 Å². The molecule has 1 aliphatic heterocycles. The van der Waals surface area contributed by atoms with Gasteiger partial charge >= 0.3 is 0 Å². The van der Waals surface area contributed by atoms with Gasteiger partial charge in [-0.2, -0.15) is 0 Å². The van der Waals surface area contributed by atoms with Crippen molar-refractivity contribution in [2.45, 2.75) is 19.8 Å². The Bertz CT molecular complexity index is 235. The first kappa shape index (κ1) is 13.8. The Balaban J connectivity index is 2.77. The smallest absolute Gasteiger partial charge is 0.207 e. The van der Waals surface area contributed by atoms with Crippen LogP contribution in [0.2, 0.25) is 0 Å². The molecule has 14 heavy (non-hydrogen) atoms. The van der Waals surface area contributed by atoms with E-state index in [4.69, 9.17) is 0 Å². The summed E-state index contributed by atoms with van der Waals surface area (Å²) in [7, 11) is 2.15. The maximum Gasteiger partial charge on any atom is 0.207 e. The highest BCUT2D eigenvalue weighted by molar-refractivity contribution is 14.3. The number of nitrogens with zero attached hydrogens (tertiary/aromatic N) is 2. The summed E-state index contributed by atoms with van der Waals surface area (Å²) in [6, 6.07) is 0. The van der Waals surface area contributed by atoms with Gasteiger partial charge in [-0.05, 0) is 85.7 Å². The topological polar surface area (TPSA) is 6.48 Å². The first-order valence-corrected chi connectivity index (χ1v) is 7.87. The van der Waals surface area contributed by atoms with Crippen molar-refractivity contribution < 1.29 is 0 Å². The van der Waals surface area contributed by atoms with E-state index >= 15 is 0 Å². The Labute approximate surface area is 127 Å². The van der Waals surface area contributed by atoms with Gasteiger partial charge in [-0.25, -0.2) is 5.01 Å². The monoisotopic (exact) mass is 532 g/mol. The maximum absolute atomic E-state index is 2.45. The number of hydrogen-bond donors (Lipinski definition) is 0. The second kappa shape index (κ2) is 5.35. The van der Waals surface area contributed by atoms with E-state index in [9.17, 15) is 0 Å². The summed E-state index contributed by atoms with van der Waals surface area (Å²) >= 11 is 7.36. The van der Waals surface area contributed by atoms with Gasteiger partial charge in [0, 0.05) is 19.8 Å². The molecular formula is C9H15I3N2. The molecule has 0 saturated carbocycles. The number of rotatable bonds is 3. The van der Waals surface area contributed by atoms with Crippen LogP contribution in [0.1, 0.15) is 20.3 Å². The predicted molar refractivity (Wildman–Crippen MR) is 86.8 cm³/mol. The molecule has 0 saturated heterocycles. The summed E-state index contributed by atoms with van der Waals surface area (Å²) < 4.78 is 0.108. The van der Waals surface area contributed by atoms with Crippen LogP contribution in [0.25, 0.3) is 0 Å². The lowest BCUT2D eigenvalue weighted by molar-refractivity contribution is 0.102. The van der Waals surface area contributed by atoms with Crippen LogP contribution in [0, 0.1) is 5.92 Å². The van der Waals surface area contributed by atoms with Crippen LogP contribution in [0.5, 0.6) is 0 Å². The molecule has 0 aromatic heterocycles. The third-order valence-corrected chi connectivity index (χ3v) is 4.06. The van der Waals surface area contributed by atoms with Gasteiger partial charge < -0.3 is 0 Å². The second-order valence-electron chi connectivity index (χ2n) is 3.64. The lowest BCUT2D eigenvalue weighted by atomic mass is 10.0. The first-order chi connectivity index (χ1) is 6.36. The van der Waals surface area contributed by atoms with Crippen molar-refractivity contribution in [2.24, 2.45) is 5.92 Å². The Morgan fingerprint density at radius 2 is 2.07 bits per heavy atom. The minimum absolute atomic E-state index is 0.108. The van der Waals surface area contributed by atoms with Crippen LogP contribution in [0.15, 0.2) is 11.8 Å². The van der Waals surface area contributed by atoms with E-state index in [0.29, 0.717) is 5.92 Å². The molecule has 0 amide bonds. The van der Waals surface area contributed by atoms with Crippen LogP contribution in [0.3, 0.4) is 0 Å². The molecule has 1 unspecified atom stereocenters. The molecule has 0 radical (unpaired) electrons. The lowest BCUT2D eigenvalue weighted by Crippen LogP contribution is -2.38. The molecule has 2 nitrogen and oxygen atoms in total. The van der Waals surface area contributed by atoms with Crippen LogP contribution < -0.4 is 0 Å². The average Bonchev–Trinajstić information content (AvgIpc) is 2.45. The summed E-state index contributed by atoms with van der Waals surface area (Å²) in [5.74, 6) is 0.703. The molecule has 0 fully saturated rings. The number of likely N-dealkylation sites (N-methyl/N-ethyl adjacent to an activating group) is 1. The van der Waals surface area contributed by atoms with Crippen molar-refractivity contribution in [1.82, 2.24) is 10.0 Å². The third-order valence-electron chi connectivity index (χ3n) is 2.57. The minimum atomic E-state index is 0.108. The standard InChI is InChI=1S/C9H15I3N2/c1-4-7(2)8-5-13(3)14(6-8)9(10,11)12/h6-7H,4-5H2,1-3H3. The summed E-state index contributed by atoms with van der Waals surface area (Å²) in [6.07, 6.45) is 3.53. The van der Waals surface area contributed by atoms with E-state index in [-0.39, 0.29) is -0.441 Å². The summed E-state index contributed by atoms with van der Waals surface area (Å²) in [6.45, 7) is 5.63. The van der Waals surface area contributed by atoms with Crippen molar-refractivity contribution in [3.8, 4) is 0 Å². The van der Waals surface area contributed by atoms with E-state index in [1.54, 1.807) is 5.57 Å². The maximum atomic E-state index is 2.45. The van der Waals surface area contributed by atoms with Crippen molar-refractivity contribution >= 4 is 67.8 Å². The normalized spacial score (nSPS) is 21.3. The number of halogens is 3. The molecular weight excluding hydrogens is 517 g/mol. The highest BCUT2D eigenvalue weighted by Gasteiger charge is 2.33. The van der Waals surface area contributed by atoms with Crippen LogP contribution in [0.4, 0.5) is 0 Å². The fourth-order valence-corrected chi connectivity index (χ4v) is 2.97. The Morgan fingerprint density at radius 3 is 2.43 bits per heavy atom. The summed E-state index contributed by atoms with van der Waals surface area (Å²) in [4.78, 5) is 0. The van der Waals surface area contributed by atoms with E-state index in [1.807, 2.05) is 0 Å². The summed E-state index contributed by atoms with van der Waals surface area (Å²) in [5.41, 5.74) is 1.55. The number of hydrogen-bond acceptors (Lipinski definition) is 2. The molecule has 0 spiro atoms. The van der Waals surface area contributed by atoms with E-state index < -0.39 is 0 Å². The highest BCUT2D eigenvalue weighted by atomic mass is 127. The van der Waals surface area contributed by atoms with Crippen molar-refractivity contribution in [1.29, 1.82) is 0 Å². The predicted octanol–water partition coefficient (Wildman–Crippen LogP) is 4.00. The molecule has 0 aromatic carbocycles. The molecule has 1 heterocycles. The van der Waals surface area contributed by atoms with Crippen molar-refractivity contribution in [3.05, 3.63) is 11.8 Å². The zero-order chi connectivity index (χ0) is 10.9. The van der Waals surface area contributed by atoms with Crippen LogP contribution in [-0.2, 0) is 0 Å². The fraction of sp³-hybridized carbons (Fsp3) is 0.778. The fourth-order valence-electron chi connectivity index (χ4n) is 1.45. The third kappa shape index (κ3) is 3.34. The molecule has 0 N–H and O–H groups in total. The summed E-state index contributed by atoms with van der Waals surface area (Å²) in [5, 5.41) is 4.59. The van der Waals surface area contributed by atoms with E-state index in [1.165, 1.54) is 6.42 Å². The lowest BCUT2D eigenvalue weighted by Gasteiger charge is -2.32. The minimum Gasteiger partial charge on any atom is -0.279 e. The highest BCUT2D eigenvalue weighted by Crippen LogP contribution is 2.43. The Hall–Kier alpha value is 1.69. The number of alkyl halides is 3. The van der Waals surface area contributed by atoms with Gasteiger partial charge in [0.1, 0.15) is 0 Å². The van der Waals surface area contributed by atoms with E-state index in [2.05, 4.69) is 105 Å². The average molecular weight is 532 g/mol. The van der Waals surface area contributed by atoms with Crippen LogP contribution in [-0.4, -0.2) is 23.2 Å². The largest absolute Gasteiger partial charge is 0.279 e. The zero-order valence-electron chi connectivity index (χ0n) is 8.60. The quantitative estimate of drug-likeness (QED) is 0.309. The molecule has 0 bridgehead atoms. The molecule has 1 rings (SSSR count). The van der Waals surface area contributed by atoms with Crippen molar-refractivity contribution in [2.75, 3.05) is 13.6 Å². The molecule has 0 aliphatic carbocycles. The molecule has 82 valence electrons. The van der Waals surface area contributed by atoms with Crippen LogP contribution >= 0.6 is 67.8 Å². The van der Waals surface area contributed by atoms with Gasteiger partial charge in [-0.1, -0.05) is 13.8 Å². The van der Waals surface area contributed by atoms with Gasteiger partial charge in [0.05, 0.1) is 0 Å². The SMILES string of the molecule is CCC(C)C1=CN(C(I)(I)I)N(C)C1. The van der Waals surface area contributed by atoms with Gasteiger partial charge in [-0.3, -0.25) is 5.01 Å². The van der Waals surface area contributed by atoms with Gasteiger partial charge in [-0.15, -0.1) is 0 Å². The van der Waals surface area contributed by atoms with Gasteiger partial charge in [0.25, 0.3) is 0 Å². The Kier molecular flexibility index (Phi) is 5.25. The molecule has 1 atom stereocenters. The number of hydrazine groups is 1. The van der Waals surface area contributed by atoms with Gasteiger partial charge in [0.15, 0.2) is 0 Å². The molecule has 1 aliphatic rings. The molecule has 5 heteroatoms.